The quantitative estimate of drug-likeness (QED) is 0.413. The predicted molar refractivity (Wildman–Crippen MR) is 42.5 cm³/mol. The van der Waals surface area contributed by atoms with Crippen LogP contribution < -0.4 is 0 Å². The van der Waals surface area contributed by atoms with E-state index in [9.17, 15) is 0 Å². The van der Waals surface area contributed by atoms with Gasteiger partial charge in [0.2, 0.25) is 0 Å². The van der Waals surface area contributed by atoms with Crippen LogP contribution in [0.3, 0.4) is 0 Å². The van der Waals surface area contributed by atoms with Gasteiger partial charge in [-0.1, -0.05) is 13.8 Å². The van der Waals surface area contributed by atoms with E-state index in [-0.39, 0.29) is 5.38 Å². The summed E-state index contributed by atoms with van der Waals surface area (Å²) in [5, 5.41) is 0.220. The number of hydrogen-bond acceptors (Lipinski definition) is 0. The Morgan fingerprint density at radius 1 is 1.44 bits per heavy atom. The highest BCUT2D eigenvalue weighted by Crippen LogP contribution is 2.11. The highest BCUT2D eigenvalue weighted by Gasteiger charge is 2.05. The predicted octanol–water partition coefficient (Wildman–Crippen LogP) is 2.66. The maximum Gasteiger partial charge on any atom is 0.0468 e. The molecule has 0 aliphatic heterocycles. The highest BCUT2D eigenvalue weighted by molar-refractivity contribution is 6.20. The monoisotopic (exact) mass is 144 g/mol. The summed E-state index contributed by atoms with van der Waals surface area (Å²) in [5.41, 5.74) is 0. The molecule has 0 fully saturated rings. The van der Waals surface area contributed by atoms with E-state index in [2.05, 4.69) is 25.7 Å². The van der Waals surface area contributed by atoms with Gasteiger partial charge in [-0.15, -0.1) is 23.4 Å². The van der Waals surface area contributed by atoms with E-state index >= 15 is 0 Å². The van der Waals surface area contributed by atoms with Crippen molar-refractivity contribution in [2.24, 2.45) is 5.92 Å². The first-order valence-corrected chi connectivity index (χ1v) is 3.65. The van der Waals surface area contributed by atoms with E-state index in [0.29, 0.717) is 5.92 Å². The standard InChI is InChI=1S/C8H13Cl/c1-4-5-6-8(9)7(2)3/h7-8H,6H2,1-3H3. The molecule has 0 rings (SSSR count). The molecule has 0 bridgehead atoms. The van der Waals surface area contributed by atoms with Crippen molar-refractivity contribution in [3.63, 3.8) is 0 Å². The first-order chi connectivity index (χ1) is 4.18. The highest BCUT2D eigenvalue weighted by atomic mass is 35.5. The van der Waals surface area contributed by atoms with Gasteiger partial charge in [0.1, 0.15) is 0 Å². The third-order valence-corrected chi connectivity index (χ3v) is 1.86. The Morgan fingerprint density at radius 2 is 2.00 bits per heavy atom. The summed E-state index contributed by atoms with van der Waals surface area (Å²) in [6.45, 7) is 6.05. The molecule has 0 nitrogen and oxygen atoms in total. The Labute approximate surface area is 62.6 Å². The summed E-state index contributed by atoms with van der Waals surface area (Å²) in [5.74, 6) is 6.30. The Hall–Kier alpha value is -0.150. The molecule has 9 heavy (non-hydrogen) atoms. The second-order valence-electron chi connectivity index (χ2n) is 2.39. The van der Waals surface area contributed by atoms with E-state index < -0.39 is 0 Å². The minimum atomic E-state index is 0.220. The van der Waals surface area contributed by atoms with Crippen LogP contribution in [0.4, 0.5) is 0 Å². The molecule has 0 aromatic rings. The van der Waals surface area contributed by atoms with Gasteiger partial charge in [0.05, 0.1) is 0 Å². The lowest BCUT2D eigenvalue weighted by Gasteiger charge is -2.07. The van der Waals surface area contributed by atoms with Gasteiger partial charge in [0.25, 0.3) is 0 Å². The molecule has 0 spiro atoms. The van der Waals surface area contributed by atoms with E-state index in [0.717, 1.165) is 6.42 Å². The third-order valence-electron chi connectivity index (χ3n) is 1.20. The van der Waals surface area contributed by atoms with Gasteiger partial charge in [0.15, 0.2) is 0 Å². The Balaban J connectivity index is 3.46. The zero-order valence-corrected chi connectivity index (χ0v) is 7.00. The Morgan fingerprint density at radius 3 is 2.33 bits per heavy atom. The Kier molecular flexibility index (Phi) is 4.62. The largest absolute Gasteiger partial charge is 0.122 e. The fourth-order valence-electron chi connectivity index (χ4n) is 0.435. The average Bonchev–Trinajstić information content (AvgIpc) is 1.82. The molecule has 0 saturated carbocycles. The lowest BCUT2D eigenvalue weighted by molar-refractivity contribution is 0.609. The minimum Gasteiger partial charge on any atom is -0.122 e. The molecular weight excluding hydrogens is 132 g/mol. The van der Waals surface area contributed by atoms with Crippen molar-refractivity contribution in [2.75, 3.05) is 0 Å². The SMILES string of the molecule is CC#CCC(Cl)C(C)C. The van der Waals surface area contributed by atoms with Gasteiger partial charge in [0, 0.05) is 11.8 Å². The van der Waals surface area contributed by atoms with E-state index in [1.165, 1.54) is 0 Å². The number of hydrogen-bond donors (Lipinski definition) is 0. The molecule has 0 heterocycles. The minimum absolute atomic E-state index is 0.220. The topological polar surface area (TPSA) is 0 Å². The fourth-order valence-corrected chi connectivity index (χ4v) is 0.512. The van der Waals surface area contributed by atoms with Gasteiger partial charge < -0.3 is 0 Å². The van der Waals surface area contributed by atoms with Crippen molar-refractivity contribution in [1.82, 2.24) is 0 Å². The lowest BCUT2D eigenvalue weighted by atomic mass is 10.1. The van der Waals surface area contributed by atoms with Crippen molar-refractivity contribution >= 4 is 11.6 Å². The van der Waals surface area contributed by atoms with Crippen molar-refractivity contribution in [2.45, 2.75) is 32.6 Å². The maximum atomic E-state index is 5.89. The number of alkyl halides is 1. The van der Waals surface area contributed by atoms with Gasteiger partial charge in [-0.2, -0.15) is 0 Å². The van der Waals surface area contributed by atoms with Gasteiger partial charge in [-0.05, 0) is 12.8 Å². The molecule has 52 valence electrons. The Bertz CT molecular complexity index is 116. The summed E-state index contributed by atoms with van der Waals surface area (Å²) in [7, 11) is 0. The summed E-state index contributed by atoms with van der Waals surface area (Å²) in [6.07, 6.45) is 0.815. The van der Waals surface area contributed by atoms with Crippen LogP contribution in [0.1, 0.15) is 27.2 Å². The van der Waals surface area contributed by atoms with Crippen LogP contribution in [-0.2, 0) is 0 Å². The molecule has 0 radical (unpaired) electrons. The van der Waals surface area contributed by atoms with Crippen LogP contribution in [-0.4, -0.2) is 5.38 Å². The number of halogens is 1. The molecule has 0 aliphatic rings. The average molecular weight is 145 g/mol. The van der Waals surface area contributed by atoms with Crippen LogP contribution in [0.25, 0.3) is 0 Å². The molecule has 0 amide bonds. The first kappa shape index (κ1) is 8.85. The van der Waals surface area contributed by atoms with Crippen LogP contribution in [0.5, 0.6) is 0 Å². The van der Waals surface area contributed by atoms with Crippen LogP contribution in [0.2, 0.25) is 0 Å². The molecule has 0 aliphatic carbocycles. The van der Waals surface area contributed by atoms with Crippen molar-refractivity contribution < 1.29 is 0 Å². The van der Waals surface area contributed by atoms with Crippen LogP contribution in [0.15, 0.2) is 0 Å². The number of rotatable bonds is 2. The fraction of sp³-hybridized carbons (Fsp3) is 0.750. The summed E-state index contributed by atoms with van der Waals surface area (Å²) in [4.78, 5) is 0. The summed E-state index contributed by atoms with van der Waals surface area (Å²) in [6, 6.07) is 0. The smallest absolute Gasteiger partial charge is 0.0468 e. The molecule has 0 saturated heterocycles. The molecular formula is C8H13Cl. The second kappa shape index (κ2) is 4.70. The van der Waals surface area contributed by atoms with E-state index in [1.807, 2.05) is 6.92 Å². The van der Waals surface area contributed by atoms with Crippen molar-refractivity contribution in [3.8, 4) is 11.8 Å². The third kappa shape index (κ3) is 4.36. The normalized spacial score (nSPS) is 12.6. The molecule has 0 aromatic heterocycles. The molecule has 1 unspecified atom stereocenters. The van der Waals surface area contributed by atoms with Crippen LogP contribution in [0, 0.1) is 17.8 Å². The van der Waals surface area contributed by atoms with E-state index in [4.69, 9.17) is 11.6 Å². The van der Waals surface area contributed by atoms with Gasteiger partial charge >= 0.3 is 0 Å². The zero-order valence-electron chi connectivity index (χ0n) is 6.24. The van der Waals surface area contributed by atoms with Gasteiger partial charge in [-0.25, -0.2) is 0 Å². The maximum absolute atomic E-state index is 5.89. The second-order valence-corrected chi connectivity index (χ2v) is 2.95. The van der Waals surface area contributed by atoms with Gasteiger partial charge in [-0.3, -0.25) is 0 Å². The molecule has 0 N–H and O–H groups in total. The molecule has 1 atom stereocenters. The van der Waals surface area contributed by atoms with Crippen molar-refractivity contribution in [1.29, 1.82) is 0 Å². The first-order valence-electron chi connectivity index (χ1n) is 3.22. The lowest BCUT2D eigenvalue weighted by Crippen LogP contribution is -2.05. The summed E-state index contributed by atoms with van der Waals surface area (Å²) >= 11 is 5.89. The van der Waals surface area contributed by atoms with Crippen molar-refractivity contribution in [3.05, 3.63) is 0 Å². The molecule has 1 heteroatoms. The zero-order chi connectivity index (χ0) is 7.28. The molecule has 0 aromatic carbocycles. The summed E-state index contributed by atoms with van der Waals surface area (Å²) < 4.78 is 0. The van der Waals surface area contributed by atoms with E-state index in [1.54, 1.807) is 0 Å². The van der Waals surface area contributed by atoms with Crippen LogP contribution >= 0.6 is 11.6 Å².